The molecule has 6 rings (SSSR count). The largest absolute Gasteiger partial charge is 0.497 e. The maximum atomic E-state index is 13.4. The van der Waals surface area contributed by atoms with Crippen molar-refractivity contribution in [3.05, 3.63) is 73.1 Å². The molecule has 206 valence electrons. The average Bonchev–Trinajstić information content (AvgIpc) is 3.67. The van der Waals surface area contributed by atoms with E-state index in [1.165, 1.54) is 20.7 Å². The smallest absolute Gasteiger partial charge is 0.323 e. The van der Waals surface area contributed by atoms with Crippen LogP contribution < -0.4 is 24.4 Å². The van der Waals surface area contributed by atoms with Crippen molar-refractivity contribution >= 4 is 73.9 Å². The number of carbonyl (C=O) groups excluding carboxylic acids is 1. The highest BCUT2D eigenvalue weighted by molar-refractivity contribution is 8.30. The van der Waals surface area contributed by atoms with Gasteiger partial charge in [0.2, 0.25) is 0 Å². The Bertz CT molecular complexity index is 1730. The van der Waals surface area contributed by atoms with Gasteiger partial charge in [-0.3, -0.25) is 23.9 Å². The molecule has 3 heterocycles. The van der Waals surface area contributed by atoms with Crippen molar-refractivity contribution < 1.29 is 19.4 Å². The molecule has 11 heteroatoms. The SMILES string of the molecule is CCN1C(=O)/C(=c2\s/c(=C/c3ccc4c(c3)[C@@H]3CCC[C@@H]3N4c3ccc(OC)cc3)c(=O)n2CC(=O)O)SC1=S. The summed E-state index contributed by atoms with van der Waals surface area (Å²) in [6.07, 6.45) is 5.17. The molecule has 0 bridgehead atoms. The van der Waals surface area contributed by atoms with E-state index in [4.69, 9.17) is 17.0 Å². The lowest BCUT2D eigenvalue weighted by Gasteiger charge is -2.27. The topological polar surface area (TPSA) is 92.1 Å². The number of carboxylic acid groups (broad SMARTS) is 1. The molecule has 1 saturated heterocycles. The minimum Gasteiger partial charge on any atom is -0.497 e. The Hall–Kier alpha value is -3.41. The standard InChI is InChI=1S/C29H27N3O5S3/c1-3-30-27(36)25(40-29(30)38)28-31(15-24(33)34)26(35)23(39-28)14-16-7-12-22-20(13-16)19-5-4-6-21(19)32(22)17-8-10-18(37-2)11-9-17/h7-14,19,21H,3-6,15H2,1-2H3,(H,33,34)/b23-14+,28-25+/t19-,21-/m0/s1. The molecule has 0 radical (unpaired) electrons. The van der Waals surface area contributed by atoms with Gasteiger partial charge in [-0.1, -0.05) is 36.5 Å². The van der Waals surface area contributed by atoms with Crippen molar-refractivity contribution in [3.8, 4) is 5.75 Å². The molecule has 0 unspecified atom stereocenters. The van der Waals surface area contributed by atoms with Gasteiger partial charge >= 0.3 is 5.97 Å². The number of amides is 1. The first-order valence-corrected chi connectivity index (χ1v) is 15.1. The molecule has 3 aliphatic rings. The zero-order chi connectivity index (χ0) is 28.1. The van der Waals surface area contributed by atoms with Crippen LogP contribution in [0, 0.1) is 0 Å². The van der Waals surface area contributed by atoms with E-state index >= 15 is 0 Å². The highest BCUT2D eigenvalue weighted by Gasteiger charge is 2.42. The van der Waals surface area contributed by atoms with Crippen LogP contribution in [-0.4, -0.2) is 50.5 Å². The summed E-state index contributed by atoms with van der Waals surface area (Å²) in [5.41, 5.74) is 4.00. The van der Waals surface area contributed by atoms with E-state index in [1.54, 1.807) is 13.2 Å². The second-order valence-electron chi connectivity index (χ2n) is 9.94. The summed E-state index contributed by atoms with van der Waals surface area (Å²) in [6, 6.07) is 14.8. The first-order chi connectivity index (χ1) is 19.3. The Morgan fingerprint density at radius 1 is 1.18 bits per heavy atom. The van der Waals surface area contributed by atoms with Crippen molar-refractivity contribution in [3.63, 3.8) is 0 Å². The monoisotopic (exact) mass is 593 g/mol. The van der Waals surface area contributed by atoms with Crippen LogP contribution in [0.4, 0.5) is 11.4 Å². The Morgan fingerprint density at radius 2 is 1.95 bits per heavy atom. The van der Waals surface area contributed by atoms with Gasteiger partial charge in [-0.25, -0.2) is 0 Å². The number of hydrogen-bond acceptors (Lipinski definition) is 8. The number of hydrogen-bond donors (Lipinski definition) is 1. The third kappa shape index (κ3) is 4.46. The van der Waals surface area contributed by atoms with E-state index in [0.29, 0.717) is 36.9 Å². The molecule has 1 aliphatic carbocycles. The number of rotatable bonds is 6. The summed E-state index contributed by atoms with van der Waals surface area (Å²) in [5, 5.41) is 9.50. The lowest BCUT2D eigenvalue weighted by atomic mass is 9.96. The fourth-order valence-electron chi connectivity index (χ4n) is 5.96. The number of benzene rings is 2. The van der Waals surface area contributed by atoms with Crippen LogP contribution in [0.3, 0.4) is 0 Å². The van der Waals surface area contributed by atoms with E-state index in [9.17, 15) is 19.5 Å². The third-order valence-corrected chi connectivity index (χ3v) is 10.4. The van der Waals surface area contributed by atoms with Crippen LogP contribution in [0.1, 0.15) is 43.2 Å². The van der Waals surface area contributed by atoms with Gasteiger partial charge in [-0.05, 0) is 73.4 Å². The number of anilines is 2. The number of nitrogens with zero attached hydrogens (tertiary/aromatic N) is 3. The molecule has 2 fully saturated rings. The molecule has 1 amide bonds. The summed E-state index contributed by atoms with van der Waals surface area (Å²) in [4.78, 5) is 42.2. The Labute approximate surface area is 244 Å². The van der Waals surface area contributed by atoms with Crippen LogP contribution in [-0.2, 0) is 16.1 Å². The zero-order valence-corrected chi connectivity index (χ0v) is 24.4. The number of thiocarbonyl (C=S) groups is 1. The average molecular weight is 594 g/mol. The third-order valence-electron chi connectivity index (χ3n) is 7.73. The lowest BCUT2D eigenvalue weighted by Crippen LogP contribution is -2.35. The van der Waals surface area contributed by atoms with Crippen molar-refractivity contribution in [1.29, 1.82) is 0 Å². The normalized spacial score (nSPS) is 21.8. The summed E-state index contributed by atoms with van der Waals surface area (Å²) in [5.74, 6) is -0.229. The number of aromatic nitrogens is 1. The van der Waals surface area contributed by atoms with E-state index in [2.05, 4.69) is 29.2 Å². The van der Waals surface area contributed by atoms with Gasteiger partial charge < -0.3 is 14.7 Å². The van der Waals surface area contributed by atoms with E-state index in [1.807, 2.05) is 25.1 Å². The quantitative estimate of drug-likeness (QED) is 0.434. The van der Waals surface area contributed by atoms with Crippen LogP contribution in [0.2, 0.25) is 0 Å². The summed E-state index contributed by atoms with van der Waals surface area (Å²) in [6.45, 7) is 1.70. The number of aliphatic carboxylic acids is 1. The predicted molar refractivity (Wildman–Crippen MR) is 162 cm³/mol. The highest BCUT2D eigenvalue weighted by Crippen LogP contribution is 2.52. The minimum atomic E-state index is -1.15. The van der Waals surface area contributed by atoms with Gasteiger partial charge in [0, 0.05) is 29.9 Å². The van der Waals surface area contributed by atoms with Gasteiger partial charge in [0.25, 0.3) is 11.5 Å². The van der Waals surface area contributed by atoms with Crippen molar-refractivity contribution in [2.45, 2.75) is 44.7 Å². The van der Waals surface area contributed by atoms with Gasteiger partial charge in [-0.15, -0.1) is 11.3 Å². The number of thiazole rings is 1. The minimum absolute atomic E-state index is 0.298. The molecule has 1 aromatic heterocycles. The maximum Gasteiger partial charge on any atom is 0.323 e. The van der Waals surface area contributed by atoms with Gasteiger partial charge in [0.15, 0.2) is 0 Å². The summed E-state index contributed by atoms with van der Waals surface area (Å²) < 4.78 is 7.63. The van der Waals surface area contributed by atoms with Crippen molar-refractivity contribution in [1.82, 2.24) is 9.47 Å². The number of fused-ring (bicyclic) bond motifs is 3. The first-order valence-electron chi connectivity index (χ1n) is 13.1. The molecule has 0 spiro atoms. The van der Waals surface area contributed by atoms with Crippen molar-refractivity contribution in [2.75, 3.05) is 18.6 Å². The number of methoxy groups -OCH3 is 1. The van der Waals surface area contributed by atoms with Crippen LogP contribution in [0.5, 0.6) is 5.75 Å². The van der Waals surface area contributed by atoms with E-state index in [0.717, 1.165) is 59.4 Å². The molecule has 1 saturated carbocycles. The molecule has 8 nitrogen and oxygen atoms in total. The fraction of sp³-hybridized carbons (Fsp3) is 0.310. The molecule has 2 aromatic carbocycles. The van der Waals surface area contributed by atoms with E-state index in [-0.39, 0.29) is 5.91 Å². The second-order valence-corrected chi connectivity index (χ2v) is 12.6. The van der Waals surface area contributed by atoms with E-state index < -0.39 is 18.1 Å². The van der Waals surface area contributed by atoms with Crippen molar-refractivity contribution in [2.24, 2.45) is 0 Å². The number of ether oxygens (including phenoxy) is 1. The first kappa shape index (κ1) is 26.8. The molecule has 1 N–H and O–H groups in total. The Balaban J connectivity index is 1.45. The molecule has 2 aliphatic heterocycles. The molecule has 2 atom stereocenters. The Kier molecular flexibility index (Phi) is 7.05. The summed E-state index contributed by atoms with van der Waals surface area (Å²) in [7, 11) is 1.66. The second kappa shape index (κ2) is 10.5. The Morgan fingerprint density at radius 3 is 2.62 bits per heavy atom. The van der Waals surface area contributed by atoms with Gasteiger partial charge in [0.05, 0.1) is 11.6 Å². The maximum absolute atomic E-state index is 13.4. The number of thioether (sulfide) groups is 1. The fourth-order valence-corrected chi connectivity index (χ4v) is 8.60. The van der Waals surface area contributed by atoms with Crippen LogP contribution in [0.15, 0.2) is 47.3 Å². The zero-order valence-electron chi connectivity index (χ0n) is 22.0. The van der Waals surface area contributed by atoms with Gasteiger partial charge in [-0.2, -0.15) is 0 Å². The lowest BCUT2D eigenvalue weighted by molar-refractivity contribution is -0.137. The highest BCUT2D eigenvalue weighted by atomic mass is 32.2. The van der Waals surface area contributed by atoms with Crippen LogP contribution in [0.25, 0.3) is 11.0 Å². The summed E-state index contributed by atoms with van der Waals surface area (Å²) >= 11 is 7.59. The molecule has 3 aromatic rings. The van der Waals surface area contributed by atoms with Crippen LogP contribution >= 0.6 is 35.3 Å². The molecular weight excluding hydrogens is 567 g/mol. The predicted octanol–water partition coefficient (Wildman–Crippen LogP) is 3.61. The number of carboxylic acids is 1. The molecular formula is C29H27N3O5S3. The van der Waals surface area contributed by atoms with Gasteiger partial charge in [0.1, 0.15) is 26.2 Å². The molecule has 40 heavy (non-hydrogen) atoms. The number of carbonyl (C=O) groups is 2.